The number of rotatable bonds is 4. The molecule has 2 saturated heterocycles. The Bertz CT molecular complexity index is 792. The molecule has 0 saturated carbocycles. The molecule has 2 aliphatic heterocycles. The minimum atomic E-state index is -0.743. The molecule has 0 radical (unpaired) electrons. The first kappa shape index (κ1) is 23.1. The molecule has 0 bridgehead atoms. The lowest BCUT2D eigenvalue weighted by molar-refractivity contribution is -0.140. The SMILES string of the molecule is COC1(C(=O)Nc2ccc3nc(N4CCOCC4)sc3c2)CCNCC1.Cl.Cl. The predicted octanol–water partition coefficient (Wildman–Crippen LogP) is 2.68. The molecule has 3 heterocycles. The molecule has 2 N–H and O–H groups in total. The molecule has 156 valence electrons. The second-order valence-electron chi connectivity index (χ2n) is 6.68. The van der Waals surface area contributed by atoms with Gasteiger partial charge in [-0.15, -0.1) is 24.8 Å². The molecule has 0 spiro atoms. The average molecular weight is 449 g/mol. The molecule has 1 amide bonds. The summed E-state index contributed by atoms with van der Waals surface area (Å²) in [4.78, 5) is 19.8. The second-order valence-corrected chi connectivity index (χ2v) is 7.69. The Morgan fingerprint density at radius 1 is 1.29 bits per heavy atom. The largest absolute Gasteiger partial charge is 0.378 e. The van der Waals surface area contributed by atoms with E-state index < -0.39 is 5.60 Å². The first-order chi connectivity index (χ1) is 12.7. The number of nitrogens with zero attached hydrogens (tertiary/aromatic N) is 2. The van der Waals surface area contributed by atoms with Crippen LogP contribution in [0.2, 0.25) is 0 Å². The third kappa shape index (κ3) is 4.69. The Morgan fingerprint density at radius 2 is 2.00 bits per heavy atom. The molecule has 2 aliphatic rings. The van der Waals surface area contributed by atoms with Gasteiger partial charge in [-0.05, 0) is 44.1 Å². The number of halogens is 2. The Kier molecular flexibility index (Phi) is 8.30. The van der Waals surface area contributed by atoms with E-state index in [9.17, 15) is 4.79 Å². The van der Waals surface area contributed by atoms with Crippen LogP contribution in [0.5, 0.6) is 0 Å². The van der Waals surface area contributed by atoms with E-state index in [1.165, 1.54) is 0 Å². The van der Waals surface area contributed by atoms with Crippen LogP contribution in [-0.4, -0.2) is 63.0 Å². The summed E-state index contributed by atoms with van der Waals surface area (Å²) in [6.07, 6.45) is 1.36. The number of carbonyl (C=O) groups excluding carboxylic acids is 1. The van der Waals surface area contributed by atoms with Crippen molar-refractivity contribution in [3.63, 3.8) is 0 Å². The minimum Gasteiger partial charge on any atom is -0.378 e. The predicted molar refractivity (Wildman–Crippen MR) is 118 cm³/mol. The number of ether oxygens (including phenoxy) is 2. The number of piperidine rings is 1. The number of fused-ring (bicyclic) bond motifs is 1. The summed E-state index contributed by atoms with van der Waals surface area (Å²) in [6.45, 7) is 4.80. The van der Waals surface area contributed by atoms with Crippen LogP contribution < -0.4 is 15.5 Å². The molecule has 0 aliphatic carbocycles. The fraction of sp³-hybridized carbons (Fsp3) is 0.556. The molecule has 1 aromatic carbocycles. The maximum atomic E-state index is 12.8. The zero-order valence-corrected chi connectivity index (χ0v) is 18.2. The zero-order chi connectivity index (χ0) is 18.0. The Hall–Kier alpha value is -1.16. The molecular weight excluding hydrogens is 423 g/mol. The molecule has 2 fully saturated rings. The van der Waals surface area contributed by atoms with E-state index in [1.807, 2.05) is 18.2 Å². The van der Waals surface area contributed by atoms with Gasteiger partial charge in [-0.1, -0.05) is 11.3 Å². The van der Waals surface area contributed by atoms with E-state index in [1.54, 1.807) is 18.4 Å². The normalized spacial score (nSPS) is 18.8. The number of hydrogen-bond donors (Lipinski definition) is 2. The van der Waals surface area contributed by atoms with Crippen molar-refractivity contribution in [2.45, 2.75) is 18.4 Å². The topological polar surface area (TPSA) is 75.7 Å². The molecule has 4 rings (SSSR count). The minimum absolute atomic E-state index is 0. The molecule has 1 aromatic heterocycles. The number of methoxy groups -OCH3 is 1. The highest BCUT2D eigenvalue weighted by Crippen LogP contribution is 2.32. The first-order valence-corrected chi connectivity index (χ1v) is 9.82. The van der Waals surface area contributed by atoms with Crippen molar-refractivity contribution in [2.24, 2.45) is 0 Å². The van der Waals surface area contributed by atoms with Gasteiger partial charge in [-0.2, -0.15) is 0 Å². The third-order valence-electron chi connectivity index (χ3n) is 5.13. The standard InChI is InChI=1S/C18H24N4O3S.2ClH/c1-24-18(4-6-19-7-5-18)16(23)20-13-2-3-14-15(12-13)26-17(21-14)22-8-10-25-11-9-22;;/h2-3,12,19H,4-11H2,1H3,(H,20,23);2*1H. The lowest BCUT2D eigenvalue weighted by Crippen LogP contribution is -2.51. The van der Waals surface area contributed by atoms with Crippen LogP contribution >= 0.6 is 36.2 Å². The van der Waals surface area contributed by atoms with E-state index >= 15 is 0 Å². The number of aromatic nitrogens is 1. The van der Waals surface area contributed by atoms with Gasteiger partial charge in [0.1, 0.15) is 5.60 Å². The van der Waals surface area contributed by atoms with Crippen LogP contribution in [-0.2, 0) is 14.3 Å². The van der Waals surface area contributed by atoms with E-state index in [4.69, 9.17) is 14.5 Å². The van der Waals surface area contributed by atoms with Gasteiger partial charge in [0.15, 0.2) is 5.13 Å². The quantitative estimate of drug-likeness (QED) is 0.748. The number of anilines is 2. The fourth-order valence-electron chi connectivity index (χ4n) is 3.48. The third-order valence-corrected chi connectivity index (χ3v) is 6.21. The zero-order valence-electron chi connectivity index (χ0n) is 15.7. The van der Waals surface area contributed by atoms with Crippen molar-refractivity contribution >= 4 is 63.1 Å². The highest BCUT2D eigenvalue weighted by atomic mass is 35.5. The van der Waals surface area contributed by atoms with Crippen molar-refractivity contribution in [2.75, 3.05) is 56.7 Å². The molecule has 28 heavy (non-hydrogen) atoms. The van der Waals surface area contributed by atoms with Crippen molar-refractivity contribution in [3.05, 3.63) is 18.2 Å². The summed E-state index contributed by atoms with van der Waals surface area (Å²) >= 11 is 1.65. The monoisotopic (exact) mass is 448 g/mol. The van der Waals surface area contributed by atoms with Crippen molar-refractivity contribution in [1.29, 1.82) is 0 Å². The highest BCUT2D eigenvalue weighted by molar-refractivity contribution is 7.22. The van der Waals surface area contributed by atoms with Crippen molar-refractivity contribution in [3.8, 4) is 0 Å². The molecule has 0 atom stereocenters. The maximum Gasteiger partial charge on any atom is 0.256 e. The lowest BCUT2D eigenvalue weighted by Gasteiger charge is -2.34. The van der Waals surface area contributed by atoms with Crippen LogP contribution in [0, 0.1) is 0 Å². The van der Waals surface area contributed by atoms with Crippen molar-refractivity contribution in [1.82, 2.24) is 10.3 Å². The summed E-state index contributed by atoms with van der Waals surface area (Å²) in [7, 11) is 1.62. The molecule has 7 nitrogen and oxygen atoms in total. The smallest absolute Gasteiger partial charge is 0.256 e. The molecule has 2 aromatic rings. The summed E-state index contributed by atoms with van der Waals surface area (Å²) in [5.74, 6) is -0.0706. The Balaban J connectivity index is 0.00000140. The van der Waals surface area contributed by atoms with Gasteiger partial charge in [-0.3, -0.25) is 4.79 Å². The molecule has 0 unspecified atom stereocenters. The van der Waals surface area contributed by atoms with Crippen LogP contribution in [0.15, 0.2) is 18.2 Å². The number of thiazole rings is 1. The van der Waals surface area contributed by atoms with E-state index in [2.05, 4.69) is 15.5 Å². The second kappa shape index (κ2) is 10.0. The average Bonchev–Trinajstić information content (AvgIpc) is 3.12. The van der Waals surface area contributed by atoms with Crippen LogP contribution in [0.4, 0.5) is 10.8 Å². The van der Waals surface area contributed by atoms with Crippen LogP contribution in [0.1, 0.15) is 12.8 Å². The summed E-state index contributed by atoms with van der Waals surface area (Å²) in [5.41, 5.74) is 1.000. The molecule has 10 heteroatoms. The van der Waals surface area contributed by atoms with Gasteiger partial charge < -0.3 is 25.0 Å². The van der Waals surface area contributed by atoms with Gasteiger partial charge in [-0.25, -0.2) is 4.98 Å². The van der Waals surface area contributed by atoms with E-state index in [0.29, 0.717) is 12.8 Å². The number of morpholine rings is 1. The fourth-order valence-corrected chi connectivity index (χ4v) is 4.54. The van der Waals surface area contributed by atoms with Gasteiger partial charge in [0.25, 0.3) is 5.91 Å². The summed E-state index contributed by atoms with van der Waals surface area (Å²) in [5, 5.41) is 7.32. The van der Waals surface area contributed by atoms with E-state index in [-0.39, 0.29) is 30.7 Å². The summed E-state index contributed by atoms with van der Waals surface area (Å²) < 4.78 is 12.1. The van der Waals surface area contributed by atoms with Crippen LogP contribution in [0.3, 0.4) is 0 Å². The number of carbonyl (C=O) groups is 1. The highest BCUT2D eigenvalue weighted by Gasteiger charge is 2.39. The van der Waals surface area contributed by atoms with Gasteiger partial charge >= 0.3 is 0 Å². The number of hydrogen-bond acceptors (Lipinski definition) is 7. The number of nitrogens with one attached hydrogen (secondary N) is 2. The maximum absolute atomic E-state index is 12.8. The number of amides is 1. The van der Waals surface area contributed by atoms with Crippen LogP contribution in [0.25, 0.3) is 10.2 Å². The van der Waals surface area contributed by atoms with Crippen molar-refractivity contribution < 1.29 is 14.3 Å². The number of benzene rings is 1. The Morgan fingerprint density at radius 3 is 2.68 bits per heavy atom. The molecular formula is C18H26Cl2N4O3S. The lowest BCUT2D eigenvalue weighted by atomic mass is 9.91. The van der Waals surface area contributed by atoms with Gasteiger partial charge in [0, 0.05) is 25.9 Å². The Labute approximate surface area is 181 Å². The van der Waals surface area contributed by atoms with Gasteiger partial charge in [0.05, 0.1) is 23.4 Å². The van der Waals surface area contributed by atoms with E-state index in [0.717, 1.165) is 60.4 Å². The first-order valence-electron chi connectivity index (χ1n) is 9.01. The van der Waals surface area contributed by atoms with Gasteiger partial charge in [0.2, 0.25) is 0 Å². The summed E-state index contributed by atoms with van der Waals surface area (Å²) in [6, 6.07) is 5.88.